The van der Waals surface area contributed by atoms with Crippen molar-refractivity contribution in [3.8, 4) is 11.8 Å². The molecular formula is C16H21NO2S2. The average molecular weight is 323 g/mol. The molecule has 0 aromatic carbocycles. The Balaban J connectivity index is 2.00. The van der Waals surface area contributed by atoms with E-state index >= 15 is 0 Å². The van der Waals surface area contributed by atoms with E-state index in [1.54, 1.807) is 0 Å². The third-order valence-electron chi connectivity index (χ3n) is 3.94. The Morgan fingerprint density at radius 3 is 2.86 bits per heavy atom. The summed E-state index contributed by atoms with van der Waals surface area (Å²) < 4.78 is 0.224. The first-order valence-corrected chi connectivity index (χ1v) is 9.18. The second-order valence-corrected chi connectivity index (χ2v) is 7.69. The average Bonchev–Trinajstić information content (AvgIpc) is 3.10. The van der Waals surface area contributed by atoms with Crippen LogP contribution in [0.1, 0.15) is 45.8 Å². The molecule has 5 heteroatoms. The maximum atomic E-state index is 12.3. The Morgan fingerprint density at radius 2 is 2.24 bits per heavy atom. The van der Waals surface area contributed by atoms with Gasteiger partial charge in [0.1, 0.15) is 6.61 Å². The van der Waals surface area contributed by atoms with Crippen LogP contribution in [-0.2, 0) is 0 Å². The van der Waals surface area contributed by atoms with Crippen LogP contribution in [0.2, 0.25) is 0 Å². The van der Waals surface area contributed by atoms with E-state index in [4.69, 9.17) is 5.11 Å². The van der Waals surface area contributed by atoms with Crippen LogP contribution in [0.25, 0.3) is 0 Å². The van der Waals surface area contributed by atoms with Crippen LogP contribution >= 0.6 is 23.1 Å². The normalized spacial score (nSPS) is 16.3. The molecule has 0 aliphatic heterocycles. The molecule has 2 N–H and O–H groups in total. The Hall–Kier alpha value is -0.960. The monoisotopic (exact) mass is 323 g/mol. The van der Waals surface area contributed by atoms with Crippen molar-refractivity contribution in [1.29, 1.82) is 0 Å². The van der Waals surface area contributed by atoms with Crippen LogP contribution in [0, 0.1) is 18.8 Å². The van der Waals surface area contributed by atoms with Gasteiger partial charge in [-0.3, -0.25) is 4.79 Å². The number of nitrogens with one attached hydrogen (secondary N) is 1. The number of thioether (sulfide) groups is 1. The number of thiophene rings is 1. The van der Waals surface area contributed by atoms with Crippen molar-refractivity contribution in [1.82, 2.24) is 5.32 Å². The van der Waals surface area contributed by atoms with Gasteiger partial charge in [0, 0.05) is 11.3 Å². The molecule has 0 radical (unpaired) electrons. The summed E-state index contributed by atoms with van der Waals surface area (Å²) in [5, 5.41) is 11.8. The van der Waals surface area contributed by atoms with Crippen molar-refractivity contribution in [2.45, 2.75) is 37.4 Å². The molecule has 1 fully saturated rings. The fraction of sp³-hybridized carbons (Fsp3) is 0.562. The molecule has 0 atom stereocenters. The number of rotatable bonds is 4. The van der Waals surface area contributed by atoms with Crippen molar-refractivity contribution in [3.05, 3.63) is 21.4 Å². The molecule has 0 saturated heterocycles. The maximum absolute atomic E-state index is 12.3. The van der Waals surface area contributed by atoms with Gasteiger partial charge in [-0.15, -0.1) is 11.3 Å². The predicted octanol–water partition coefficient (Wildman–Crippen LogP) is 2.81. The summed E-state index contributed by atoms with van der Waals surface area (Å²) in [6.07, 6.45) is 7.02. The fourth-order valence-corrected chi connectivity index (χ4v) is 4.52. The quantitative estimate of drug-likeness (QED) is 0.838. The molecule has 1 aliphatic rings. The van der Waals surface area contributed by atoms with Gasteiger partial charge in [-0.05, 0) is 37.7 Å². The number of hydrogen-bond donors (Lipinski definition) is 2. The minimum atomic E-state index is -0.158. The number of carbonyl (C=O) groups is 1. The van der Waals surface area contributed by atoms with E-state index in [2.05, 4.69) is 23.4 Å². The van der Waals surface area contributed by atoms with Gasteiger partial charge in [0.05, 0.1) is 9.75 Å². The number of aliphatic hydroxyl groups is 1. The van der Waals surface area contributed by atoms with Gasteiger partial charge in [-0.25, -0.2) is 0 Å². The van der Waals surface area contributed by atoms with Crippen molar-refractivity contribution < 1.29 is 9.90 Å². The van der Waals surface area contributed by atoms with Crippen LogP contribution in [0.3, 0.4) is 0 Å². The van der Waals surface area contributed by atoms with Crippen LogP contribution in [0.5, 0.6) is 0 Å². The molecule has 1 aromatic heterocycles. The molecule has 0 bridgehead atoms. The smallest absolute Gasteiger partial charge is 0.261 e. The predicted molar refractivity (Wildman–Crippen MR) is 90.1 cm³/mol. The van der Waals surface area contributed by atoms with Crippen molar-refractivity contribution >= 4 is 29.0 Å². The third-order valence-corrected chi connectivity index (χ3v) is 6.51. The first kappa shape index (κ1) is 16.4. The molecule has 114 valence electrons. The molecule has 1 aliphatic carbocycles. The lowest BCUT2D eigenvalue weighted by atomic mass is 10.1. The highest BCUT2D eigenvalue weighted by molar-refractivity contribution is 8.00. The lowest BCUT2D eigenvalue weighted by molar-refractivity contribution is 0.0953. The fourth-order valence-electron chi connectivity index (χ4n) is 2.64. The van der Waals surface area contributed by atoms with Crippen molar-refractivity contribution in [2.75, 3.05) is 19.4 Å². The summed E-state index contributed by atoms with van der Waals surface area (Å²) in [7, 11) is 0. The lowest BCUT2D eigenvalue weighted by Gasteiger charge is -2.26. The minimum absolute atomic E-state index is 0.0135. The maximum Gasteiger partial charge on any atom is 0.261 e. The zero-order chi connectivity index (χ0) is 15.3. The van der Waals surface area contributed by atoms with Gasteiger partial charge in [0.15, 0.2) is 0 Å². The highest BCUT2D eigenvalue weighted by atomic mass is 32.2. The van der Waals surface area contributed by atoms with Gasteiger partial charge in [0.25, 0.3) is 5.91 Å². The van der Waals surface area contributed by atoms with Gasteiger partial charge in [0.2, 0.25) is 0 Å². The molecule has 1 heterocycles. The van der Waals surface area contributed by atoms with Gasteiger partial charge >= 0.3 is 0 Å². The number of amides is 1. The van der Waals surface area contributed by atoms with Gasteiger partial charge < -0.3 is 10.4 Å². The van der Waals surface area contributed by atoms with Crippen molar-refractivity contribution in [2.24, 2.45) is 0 Å². The SMILES string of the molecule is CSC1(CNC(=O)c2cc(C)c(C#CCO)s2)CCCC1. The molecule has 1 saturated carbocycles. The standard InChI is InChI=1S/C16H21NO2S2/c1-12-10-14(21-13(12)6-5-9-18)15(19)17-11-16(20-2)7-3-4-8-16/h10,18H,3-4,7-9,11H2,1-2H3,(H,17,19). The summed E-state index contributed by atoms with van der Waals surface area (Å²) in [4.78, 5) is 13.8. The molecule has 1 amide bonds. The summed E-state index contributed by atoms with van der Waals surface area (Å²) in [6.45, 7) is 2.52. The van der Waals surface area contributed by atoms with Gasteiger partial charge in [-0.1, -0.05) is 24.7 Å². The zero-order valence-corrected chi connectivity index (χ0v) is 14.1. The summed E-state index contributed by atoms with van der Waals surface area (Å²) in [6, 6.07) is 1.88. The minimum Gasteiger partial charge on any atom is -0.384 e. The molecule has 0 unspecified atom stereocenters. The number of aliphatic hydroxyl groups excluding tert-OH is 1. The summed E-state index contributed by atoms with van der Waals surface area (Å²) in [5.41, 5.74) is 0.992. The van der Waals surface area contributed by atoms with E-state index in [0.29, 0.717) is 4.88 Å². The second kappa shape index (κ2) is 7.35. The highest BCUT2D eigenvalue weighted by Crippen LogP contribution is 2.39. The third kappa shape index (κ3) is 4.03. The van der Waals surface area contributed by atoms with E-state index in [1.807, 2.05) is 24.8 Å². The molecular weight excluding hydrogens is 302 g/mol. The molecule has 2 rings (SSSR count). The summed E-state index contributed by atoms with van der Waals surface area (Å²) >= 11 is 3.27. The lowest BCUT2D eigenvalue weighted by Crippen LogP contribution is -2.38. The van der Waals surface area contributed by atoms with E-state index < -0.39 is 0 Å². The van der Waals surface area contributed by atoms with E-state index in [1.165, 1.54) is 37.0 Å². The molecule has 1 aromatic rings. The number of hydrogen-bond acceptors (Lipinski definition) is 4. The van der Waals surface area contributed by atoms with E-state index in [9.17, 15) is 4.79 Å². The highest BCUT2D eigenvalue weighted by Gasteiger charge is 2.33. The molecule has 21 heavy (non-hydrogen) atoms. The Labute approximate surface area is 134 Å². The second-order valence-electron chi connectivity index (χ2n) is 5.36. The zero-order valence-electron chi connectivity index (χ0n) is 12.5. The summed E-state index contributed by atoms with van der Waals surface area (Å²) in [5.74, 6) is 5.51. The van der Waals surface area contributed by atoms with Crippen LogP contribution in [0.4, 0.5) is 0 Å². The Bertz CT molecular complexity index is 563. The van der Waals surface area contributed by atoms with Gasteiger partial charge in [-0.2, -0.15) is 11.8 Å². The Morgan fingerprint density at radius 1 is 1.52 bits per heavy atom. The van der Waals surface area contributed by atoms with Crippen LogP contribution in [-0.4, -0.2) is 35.2 Å². The van der Waals surface area contributed by atoms with E-state index in [0.717, 1.165) is 17.0 Å². The molecule has 0 spiro atoms. The van der Waals surface area contributed by atoms with Crippen molar-refractivity contribution in [3.63, 3.8) is 0 Å². The molecule has 3 nitrogen and oxygen atoms in total. The first-order chi connectivity index (χ1) is 10.1. The number of carbonyl (C=O) groups excluding carboxylic acids is 1. The first-order valence-electron chi connectivity index (χ1n) is 7.14. The van der Waals surface area contributed by atoms with Crippen LogP contribution in [0.15, 0.2) is 6.07 Å². The van der Waals surface area contributed by atoms with E-state index in [-0.39, 0.29) is 17.3 Å². The Kier molecular flexibility index (Phi) is 5.74. The van der Waals surface area contributed by atoms with Crippen LogP contribution < -0.4 is 5.32 Å². The number of aryl methyl sites for hydroxylation is 1. The topological polar surface area (TPSA) is 49.3 Å². The largest absolute Gasteiger partial charge is 0.384 e.